The van der Waals surface area contributed by atoms with Crippen LogP contribution in [0.25, 0.3) is 0 Å². The van der Waals surface area contributed by atoms with Crippen LogP contribution in [-0.4, -0.2) is 18.3 Å². The highest BCUT2D eigenvalue weighted by Crippen LogP contribution is 2.16. The monoisotopic (exact) mass is 235 g/mol. The summed E-state index contributed by atoms with van der Waals surface area (Å²) >= 11 is 0. The second-order valence-corrected chi connectivity index (χ2v) is 4.67. The van der Waals surface area contributed by atoms with Crippen LogP contribution in [0.15, 0.2) is 24.3 Å². The molecule has 0 aromatic heterocycles. The van der Waals surface area contributed by atoms with E-state index in [1.807, 2.05) is 0 Å². The number of nitrogens with one attached hydrogen (secondary N) is 1. The molecule has 0 bridgehead atoms. The summed E-state index contributed by atoms with van der Waals surface area (Å²) < 4.78 is 0. The van der Waals surface area contributed by atoms with Crippen LogP contribution in [0.3, 0.4) is 0 Å². The molecule has 1 aromatic carbocycles. The summed E-state index contributed by atoms with van der Waals surface area (Å²) in [6.07, 6.45) is 4.47. The van der Waals surface area contributed by atoms with Crippen molar-refractivity contribution in [3.63, 3.8) is 0 Å². The lowest BCUT2D eigenvalue weighted by Crippen LogP contribution is -2.20. The van der Waals surface area contributed by atoms with E-state index >= 15 is 0 Å². The number of hydrogen-bond donors (Lipinski definition) is 2. The molecule has 0 heterocycles. The molecule has 0 radical (unpaired) electrons. The van der Waals surface area contributed by atoms with Crippen molar-refractivity contribution in [3.8, 4) is 0 Å². The number of hydrogen-bond acceptors (Lipinski definition) is 2. The summed E-state index contributed by atoms with van der Waals surface area (Å²) in [4.78, 5) is 0. The molecule has 17 heavy (non-hydrogen) atoms. The molecular weight excluding hydrogens is 210 g/mol. The third kappa shape index (κ3) is 5.33. The van der Waals surface area contributed by atoms with Crippen LogP contribution in [0.5, 0.6) is 0 Å². The lowest BCUT2D eigenvalue weighted by molar-refractivity contribution is 0.282. The molecule has 2 nitrogen and oxygen atoms in total. The second-order valence-electron chi connectivity index (χ2n) is 4.67. The van der Waals surface area contributed by atoms with Gasteiger partial charge in [-0.1, -0.05) is 37.1 Å². The average Bonchev–Trinajstić information content (AvgIpc) is 2.34. The first-order valence-electron chi connectivity index (χ1n) is 6.65. The van der Waals surface area contributed by atoms with Crippen molar-refractivity contribution in [2.45, 2.75) is 45.6 Å². The van der Waals surface area contributed by atoms with Gasteiger partial charge in [-0.25, -0.2) is 0 Å². The Morgan fingerprint density at radius 3 is 2.53 bits per heavy atom. The quantitative estimate of drug-likeness (QED) is 0.678. The van der Waals surface area contributed by atoms with E-state index < -0.39 is 0 Å². The van der Waals surface area contributed by atoms with Gasteiger partial charge >= 0.3 is 0 Å². The van der Waals surface area contributed by atoms with E-state index in [1.54, 1.807) is 0 Å². The first-order valence-corrected chi connectivity index (χ1v) is 6.65. The second kappa shape index (κ2) is 8.26. The van der Waals surface area contributed by atoms with Gasteiger partial charge in [-0.2, -0.15) is 0 Å². The number of unbranched alkanes of at least 4 members (excludes halogenated alkanes) is 3. The van der Waals surface area contributed by atoms with Crippen LogP contribution in [0.4, 0.5) is 0 Å². The highest BCUT2D eigenvalue weighted by Gasteiger charge is 2.05. The third-order valence-corrected chi connectivity index (χ3v) is 3.19. The molecule has 1 rings (SSSR count). The van der Waals surface area contributed by atoms with Gasteiger partial charge in [0.15, 0.2) is 0 Å². The minimum atomic E-state index is 0.326. The number of aryl methyl sites for hydroxylation is 1. The van der Waals surface area contributed by atoms with E-state index in [2.05, 4.69) is 43.4 Å². The molecule has 2 N–H and O–H groups in total. The summed E-state index contributed by atoms with van der Waals surface area (Å²) in [6.45, 7) is 5.76. The predicted octanol–water partition coefficient (Wildman–Crippen LogP) is 3.20. The van der Waals surface area contributed by atoms with Gasteiger partial charge in [0.05, 0.1) is 0 Å². The Bertz CT molecular complexity index is 312. The van der Waals surface area contributed by atoms with E-state index in [0.717, 1.165) is 19.4 Å². The molecule has 0 saturated heterocycles. The van der Waals surface area contributed by atoms with Crippen molar-refractivity contribution < 1.29 is 5.11 Å². The Labute approximate surface area is 105 Å². The summed E-state index contributed by atoms with van der Waals surface area (Å²) in [5, 5.41) is 12.2. The zero-order valence-corrected chi connectivity index (χ0v) is 11.1. The van der Waals surface area contributed by atoms with Crippen LogP contribution >= 0.6 is 0 Å². The number of rotatable bonds is 8. The highest BCUT2D eigenvalue weighted by atomic mass is 16.2. The van der Waals surface area contributed by atoms with Crippen LogP contribution in [0.2, 0.25) is 0 Å². The molecular formula is C15H25NO. The van der Waals surface area contributed by atoms with E-state index in [0.29, 0.717) is 12.6 Å². The predicted molar refractivity (Wildman–Crippen MR) is 73.2 cm³/mol. The minimum absolute atomic E-state index is 0.326. The standard InChI is InChI=1S/C15H25NO/c1-13-9-5-6-10-15(13)14(2)16-11-7-3-4-8-12-17/h5-6,9-10,14,16-17H,3-4,7-8,11-12H2,1-2H3/t14-/m0/s1. The van der Waals surface area contributed by atoms with E-state index in [1.165, 1.54) is 24.0 Å². The molecule has 0 amide bonds. The molecule has 0 aliphatic rings. The highest BCUT2D eigenvalue weighted by molar-refractivity contribution is 5.28. The third-order valence-electron chi connectivity index (χ3n) is 3.19. The van der Waals surface area contributed by atoms with Crippen molar-refractivity contribution in [3.05, 3.63) is 35.4 Å². The maximum Gasteiger partial charge on any atom is 0.0431 e. The first-order chi connectivity index (χ1) is 8.25. The van der Waals surface area contributed by atoms with Gasteiger partial charge in [0.1, 0.15) is 0 Å². The smallest absolute Gasteiger partial charge is 0.0431 e. The Kier molecular flexibility index (Phi) is 6.90. The molecule has 1 aromatic rings. The SMILES string of the molecule is Cc1ccccc1[C@H](C)NCCCCCCO. The molecule has 0 aliphatic carbocycles. The van der Waals surface area contributed by atoms with Gasteiger partial charge in [-0.15, -0.1) is 0 Å². The van der Waals surface area contributed by atoms with Gasteiger partial charge in [0, 0.05) is 12.6 Å². The van der Waals surface area contributed by atoms with Gasteiger partial charge < -0.3 is 10.4 Å². The topological polar surface area (TPSA) is 32.3 Å². The average molecular weight is 235 g/mol. The van der Waals surface area contributed by atoms with E-state index in [-0.39, 0.29) is 0 Å². The maximum atomic E-state index is 8.67. The lowest BCUT2D eigenvalue weighted by atomic mass is 10.0. The number of aliphatic hydroxyl groups is 1. The summed E-state index contributed by atoms with van der Waals surface area (Å²) in [5.74, 6) is 0. The van der Waals surface area contributed by atoms with Gasteiger partial charge in [-0.3, -0.25) is 0 Å². The Morgan fingerprint density at radius 1 is 1.12 bits per heavy atom. The van der Waals surface area contributed by atoms with Crippen molar-refractivity contribution in [1.82, 2.24) is 5.32 Å². The van der Waals surface area contributed by atoms with Gasteiger partial charge in [-0.05, 0) is 44.4 Å². The summed E-state index contributed by atoms with van der Waals surface area (Å²) in [5.41, 5.74) is 2.75. The number of benzene rings is 1. The fraction of sp³-hybridized carbons (Fsp3) is 0.600. The summed E-state index contributed by atoms with van der Waals surface area (Å²) in [6, 6.07) is 8.96. The summed E-state index contributed by atoms with van der Waals surface area (Å²) in [7, 11) is 0. The normalized spacial score (nSPS) is 12.6. The van der Waals surface area contributed by atoms with Crippen molar-refractivity contribution >= 4 is 0 Å². The van der Waals surface area contributed by atoms with Crippen LogP contribution in [0.1, 0.15) is 49.8 Å². The largest absolute Gasteiger partial charge is 0.396 e. The van der Waals surface area contributed by atoms with E-state index in [4.69, 9.17) is 5.11 Å². The Morgan fingerprint density at radius 2 is 1.82 bits per heavy atom. The molecule has 96 valence electrons. The van der Waals surface area contributed by atoms with Crippen LogP contribution in [0, 0.1) is 6.92 Å². The molecule has 0 unspecified atom stereocenters. The Hall–Kier alpha value is -0.860. The van der Waals surface area contributed by atoms with Gasteiger partial charge in [0.2, 0.25) is 0 Å². The maximum absolute atomic E-state index is 8.67. The van der Waals surface area contributed by atoms with Gasteiger partial charge in [0.25, 0.3) is 0 Å². The zero-order valence-electron chi connectivity index (χ0n) is 11.1. The fourth-order valence-corrected chi connectivity index (χ4v) is 2.09. The first kappa shape index (κ1) is 14.2. The minimum Gasteiger partial charge on any atom is -0.396 e. The lowest BCUT2D eigenvalue weighted by Gasteiger charge is -2.16. The Balaban J connectivity index is 2.21. The molecule has 0 saturated carbocycles. The van der Waals surface area contributed by atoms with E-state index in [9.17, 15) is 0 Å². The zero-order chi connectivity index (χ0) is 12.5. The fourth-order valence-electron chi connectivity index (χ4n) is 2.09. The van der Waals surface area contributed by atoms with Crippen LogP contribution in [-0.2, 0) is 0 Å². The van der Waals surface area contributed by atoms with Crippen LogP contribution < -0.4 is 5.32 Å². The molecule has 0 fully saturated rings. The van der Waals surface area contributed by atoms with Crippen molar-refractivity contribution in [1.29, 1.82) is 0 Å². The molecule has 0 aliphatic heterocycles. The number of aliphatic hydroxyl groups excluding tert-OH is 1. The molecule has 0 spiro atoms. The molecule has 2 heteroatoms. The molecule has 1 atom stereocenters. The van der Waals surface area contributed by atoms with Crippen molar-refractivity contribution in [2.75, 3.05) is 13.2 Å². The van der Waals surface area contributed by atoms with Crippen molar-refractivity contribution in [2.24, 2.45) is 0 Å².